The van der Waals surface area contributed by atoms with E-state index >= 15 is 0 Å². The zero-order valence-electron chi connectivity index (χ0n) is 8.10. The maximum absolute atomic E-state index is 11.2. The molecule has 0 aliphatic rings. The van der Waals surface area contributed by atoms with Crippen LogP contribution in [-0.2, 0) is 11.8 Å². The van der Waals surface area contributed by atoms with E-state index in [1.165, 1.54) is 27.3 Å². The summed E-state index contributed by atoms with van der Waals surface area (Å²) in [6.45, 7) is 0. The van der Waals surface area contributed by atoms with Crippen LogP contribution >= 0.6 is 0 Å². The molecule has 76 valence electrons. The smallest absolute Gasteiger partial charge is 0.362 e. The first-order valence-corrected chi connectivity index (χ1v) is 3.80. The highest BCUT2D eigenvalue weighted by molar-refractivity contribution is 5.89. The molecule has 0 fully saturated rings. The first kappa shape index (κ1) is 10.2. The van der Waals surface area contributed by atoms with Crippen LogP contribution in [0.5, 0.6) is 5.75 Å². The highest BCUT2D eigenvalue weighted by atomic mass is 16.5. The summed E-state index contributed by atoms with van der Waals surface area (Å²) in [5.41, 5.74) is -0.369. The van der Waals surface area contributed by atoms with Gasteiger partial charge in [0.2, 0.25) is 5.69 Å². The van der Waals surface area contributed by atoms with Gasteiger partial charge in [-0.15, -0.1) is 0 Å². The molecule has 14 heavy (non-hydrogen) atoms. The lowest BCUT2D eigenvalue weighted by molar-refractivity contribution is 0.0587. The van der Waals surface area contributed by atoms with Gasteiger partial charge in [0, 0.05) is 13.1 Å². The summed E-state index contributed by atoms with van der Waals surface area (Å²) in [5.74, 6) is -0.530. The van der Waals surface area contributed by atoms with Gasteiger partial charge in [0.15, 0.2) is 5.75 Å². The first-order valence-electron chi connectivity index (χ1n) is 3.80. The number of hydrogen-bond acceptors (Lipinski definition) is 5. The monoisotopic (exact) mass is 198 g/mol. The Kier molecular flexibility index (Phi) is 2.85. The summed E-state index contributed by atoms with van der Waals surface area (Å²) >= 11 is 0. The number of aryl methyl sites for hydroxylation is 1. The lowest BCUT2D eigenvalue weighted by Gasteiger charge is -2.06. The Balaban J connectivity index is 3.34. The predicted molar refractivity (Wildman–Crippen MR) is 47.4 cm³/mol. The van der Waals surface area contributed by atoms with Gasteiger partial charge in [-0.2, -0.15) is 5.10 Å². The van der Waals surface area contributed by atoms with Crippen LogP contribution in [0, 0.1) is 0 Å². The van der Waals surface area contributed by atoms with Gasteiger partial charge in [-0.25, -0.2) is 9.48 Å². The van der Waals surface area contributed by atoms with Crippen molar-refractivity contribution in [1.29, 1.82) is 0 Å². The van der Waals surface area contributed by atoms with Crippen molar-refractivity contribution in [2.75, 3.05) is 14.2 Å². The Morgan fingerprint density at radius 3 is 2.64 bits per heavy atom. The fourth-order valence-electron chi connectivity index (χ4n) is 0.916. The number of aromatic nitrogens is 2. The summed E-state index contributed by atoms with van der Waals surface area (Å²) in [6, 6.07) is 1.18. The van der Waals surface area contributed by atoms with Crippen molar-refractivity contribution in [3.05, 3.63) is 22.1 Å². The molecule has 0 aliphatic carbocycles. The van der Waals surface area contributed by atoms with Crippen LogP contribution in [0.3, 0.4) is 0 Å². The molecule has 0 saturated carbocycles. The average molecular weight is 198 g/mol. The van der Waals surface area contributed by atoms with Crippen LogP contribution in [0.25, 0.3) is 0 Å². The van der Waals surface area contributed by atoms with E-state index in [1.807, 2.05) is 0 Å². The third kappa shape index (κ3) is 1.73. The van der Waals surface area contributed by atoms with Gasteiger partial charge in [-0.3, -0.25) is 4.79 Å². The van der Waals surface area contributed by atoms with Crippen molar-refractivity contribution in [2.24, 2.45) is 7.05 Å². The highest BCUT2D eigenvalue weighted by Crippen LogP contribution is 2.12. The quantitative estimate of drug-likeness (QED) is 0.603. The molecule has 0 spiro atoms. The van der Waals surface area contributed by atoms with E-state index in [0.29, 0.717) is 0 Å². The Bertz CT molecular complexity index is 410. The Labute approximate surface area is 80.1 Å². The van der Waals surface area contributed by atoms with Crippen molar-refractivity contribution in [1.82, 2.24) is 9.78 Å². The van der Waals surface area contributed by atoms with Crippen LogP contribution in [-0.4, -0.2) is 30.0 Å². The van der Waals surface area contributed by atoms with Crippen LogP contribution in [0.15, 0.2) is 10.9 Å². The minimum absolute atomic E-state index is 0.0166. The van der Waals surface area contributed by atoms with Crippen molar-refractivity contribution >= 4 is 5.97 Å². The van der Waals surface area contributed by atoms with Gasteiger partial charge in [-0.05, 0) is 0 Å². The summed E-state index contributed by atoms with van der Waals surface area (Å²) in [7, 11) is 4.02. The Hall–Kier alpha value is -1.85. The largest absolute Gasteiger partial charge is 0.494 e. The number of nitrogens with zero attached hydrogens (tertiary/aromatic N) is 2. The number of carbonyl (C=O) groups is 1. The third-order valence-corrected chi connectivity index (χ3v) is 1.66. The molecule has 0 N–H and O–H groups in total. The lowest BCUT2D eigenvalue weighted by Crippen LogP contribution is -2.23. The fraction of sp³-hybridized carbons (Fsp3) is 0.375. The molecule has 6 heteroatoms. The molecule has 1 rings (SSSR count). The molecule has 0 atom stereocenters. The minimum Gasteiger partial charge on any atom is -0.494 e. The van der Waals surface area contributed by atoms with E-state index in [4.69, 9.17) is 4.74 Å². The Morgan fingerprint density at radius 2 is 2.14 bits per heavy atom. The number of esters is 1. The molecular formula is C8H10N2O4. The van der Waals surface area contributed by atoms with E-state index in [-0.39, 0.29) is 17.0 Å². The maximum Gasteiger partial charge on any atom is 0.362 e. The molecule has 0 aliphatic heterocycles. The molecule has 0 radical (unpaired) electrons. The predicted octanol–water partition coefficient (Wildman–Crippen LogP) is -0.425. The second-order valence-corrected chi connectivity index (χ2v) is 2.51. The zero-order valence-corrected chi connectivity index (χ0v) is 8.10. The molecule has 0 aromatic carbocycles. The second-order valence-electron chi connectivity index (χ2n) is 2.51. The van der Waals surface area contributed by atoms with Crippen LogP contribution < -0.4 is 10.3 Å². The van der Waals surface area contributed by atoms with Crippen molar-refractivity contribution < 1.29 is 14.3 Å². The normalized spacial score (nSPS) is 9.64. The standard InChI is InChI=1S/C8H10N2O4/c1-10-6(11)4-5(13-2)7(9-10)8(12)14-3/h4H,1-3H3. The maximum atomic E-state index is 11.2. The molecular weight excluding hydrogens is 188 g/mol. The molecule has 0 saturated heterocycles. The summed E-state index contributed by atoms with van der Waals surface area (Å²) in [4.78, 5) is 22.3. The van der Waals surface area contributed by atoms with Crippen molar-refractivity contribution in [2.45, 2.75) is 0 Å². The Morgan fingerprint density at radius 1 is 1.50 bits per heavy atom. The minimum atomic E-state index is -0.641. The van der Waals surface area contributed by atoms with Gasteiger partial charge < -0.3 is 9.47 Å². The highest BCUT2D eigenvalue weighted by Gasteiger charge is 2.16. The van der Waals surface area contributed by atoms with E-state index < -0.39 is 5.97 Å². The van der Waals surface area contributed by atoms with Gasteiger partial charge in [0.25, 0.3) is 5.56 Å². The third-order valence-electron chi connectivity index (χ3n) is 1.66. The molecule has 1 aromatic heterocycles. The van der Waals surface area contributed by atoms with E-state index in [1.54, 1.807) is 0 Å². The molecule has 0 amide bonds. The number of hydrogen-bond donors (Lipinski definition) is 0. The summed E-state index contributed by atoms with van der Waals surface area (Å²) < 4.78 is 10.3. The van der Waals surface area contributed by atoms with E-state index in [9.17, 15) is 9.59 Å². The first-order chi connectivity index (χ1) is 6.60. The average Bonchev–Trinajstić information content (AvgIpc) is 2.20. The van der Waals surface area contributed by atoms with E-state index in [2.05, 4.69) is 9.84 Å². The molecule has 6 nitrogen and oxygen atoms in total. The van der Waals surface area contributed by atoms with Gasteiger partial charge in [-0.1, -0.05) is 0 Å². The fourth-order valence-corrected chi connectivity index (χ4v) is 0.916. The summed E-state index contributed by atoms with van der Waals surface area (Å²) in [6.07, 6.45) is 0. The molecule has 1 aromatic rings. The van der Waals surface area contributed by atoms with Gasteiger partial charge in [0.1, 0.15) is 0 Å². The molecule has 1 heterocycles. The SMILES string of the molecule is COC(=O)c1nn(C)c(=O)cc1OC. The molecule has 0 bridgehead atoms. The van der Waals surface area contributed by atoms with Gasteiger partial charge in [0.05, 0.1) is 14.2 Å². The molecule has 0 unspecified atom stereocenters. The lowest BCUT2D eigenvalue weighted by atomic mass is 10.3. The van der Waals surface area contributed by atoms with Crippen LogP contribution in [0.1, 0.15) is 10.5 Å². The van der Waals surface area contributed by atoms with E-state index in [0.717, 1.165) is 4.68 Å². The topological polar surface area (TPSA) is 70.4 Å². The summed E-state index contributed by atoms with van der Waals surface area (Å²) in [5, 5.41) is 3.72. The number of carbonyl (C=O) groups excluding carboxylic acids is 1. The number of methoxy groups -OCH3 is 2. The second kappa shape index (κ2) is 3.91. The van der Waals surface area contributed by atoms with Crippen LogP contribution in [0.4, 0.5) is 0 Å². The van der Waals surface area contributed by atoms with Crippen molar-refractivity contribution in [3.8, 4) is 5.75 Å². The van der Waals surface area contributed by atoms with Gasteiger partial charge >= 0.3 is 5.97 Å². The zero-order chi connectivity index (χ0) is 10.7. The number of rotatable bonds is 2. The van der Waals surface area contributed by atoms with Crippen LogP contribution in [0.2, 0.25) is 0 Å². The number of ether oxygens (including phenoxy) is 2. The van der Waals surface area contributed by atoms with Crippen molar-refractivity contribution in [3.63, 3.8) is 0 Å².